The van der Waals surface area contributed by atoms with Crippen molar-refractivity contribution in [3.63, 3.8) is 0 Å². The molecule has 0 bridgehead atoms. The SMILES string of the molecule is CN(CCN1CCOCC1)S(=O)(=O)C1CN(C(=O)C2CCCC2)C1. The van der Waals surface area contributed by atoms with Gasteiger partial charge in [0.05, 0.1) is 13.2 Å². The second kappa shape index (κ2) is 7.68. The number of rotatable bonds is 6. The summed E-state index contributed by atoms with van der Waals surface area (Å²) in [6, 6.07) is 0. The Hall–Kier alpha value is -0.700. The average molecular weight is 359 g/mol. The number of hydrogen-bond donors (Lipinski definition) is 0. The molecule has 0 aromatic rings. The fraction of sp³-hybridized carbons (Fsp3) is 0.938. The molecule has 24 heavy (non-hydrogen) atoms. The van der Waals surface area contributed by atoms with Crippen molar-refractivity contribution in [1.29, 1.82) is 0 Å². The maximum Gasteiger partial charge on any atom is 0.225 e. The van der Waals surface area contributed by atoms with Gasteiger partial charge in [0.2, 0.25) is 15.9 Å². The van der Waals surface area contributed by atoms with Crippen LogP contribution in [0.2, 0.25) is 0 Å². The van der Waals surface area contributed by atoms with Gasteiger partial charge in [0.15, 0.2) is 0 Å². The van der Waals surface area contributed by atoms with E-state index in [1.54, 1.807) is 11.9 Å². The lowest BCUT2D eigenvalue weighted by molar-refractivity contribution is -0.138. The first-order valence-electron chi connectivity index (χ1n) is 9.02. The lowest BCUT2D eigenvalue weighted by Gasteiger charge is -2.41. The quantitative estimate of drug-likeness (QED) is 0.667. The highest BCUT2D eigenvalue weighted by Gasteiger charge is 2.43. The number of carbonyl (C=O) groups excluding carboxylic acids is 1. The van der Waals surface area contributed by atoms with Crippen LogP contribution in [0.3, 0.4) is 0 Å². The number of morpholine rings is 1. The summed E-state index contributed by atoms with van der Waals surface area (Å²) in [5, 5.41) is -0.433. The van der Waals surface area contributed by atoms with E-state index < -0.39 is 15.3 Å². The minimum Gasteiger partial charge on any atom is -0.379 e. The summed E-state index contributed by atoms with van der Waals surface area (Å²) in [7, 11) is -1.66. The molecule has 2 aliphatic heterocycles. The molecule has 8 heteroatoms. The first-order chi connectivity index (χ1) is 11.5. The highest BCUT2D eigenvalue weighted by atomic mass is 32.2. The van der Waals surface area contributed by atoms with Gasteiger partial charge in [0.1, 0.15) is 5.25 Å². The molecule has 1 aliphatic carbocycles. The predicted octanol–water partition coefficient (Wildman–Crippen LogP) is -0.0188. The van der Waals surface area contributed by atoms with Crippen molar-refractivity contribution in [1.82, 2.24) is 14.1 Å². The molecule has 1 saturated carbocycles. The smallest absolute Gasteiger partial charge is 0.225 e. The topological polar surface area (TPSA) is 70.2 Å². The zero-order chi connectivity index (χ0) is 17.2. The van der Waals surface area contributed by atoms with Gasteiger partial charge < -0.3 is 9.64 Å². The molecule has 0 aromatic heterocycles. The number of ether oxygens (including phenoxy) is 1. The zero-order valence-corrected chi connectivity index (χ0v) is 15.3. The number of likely N-dealkylation sites (tertiary alicyclic amines) is 1. The second-order valence-corrected chi connectivity index (χ2v) is 9.49. The van der Waals surface area contributed by atoms with E-state index in [4.69, 9.17) is 4.74 Å². The van der Waals surface area contributed by atoms with E-state index in [0.717, 1.165) is 58.5 Å². The zero-order valence-electron chi connectivity index (χ0n) is 14.5. The van der Waals surface area contributed by atoms with Gasteiger partial charge in [-0.05, 0) is 12.8 Å². The number of nitrogens with zero attached hydrogens (tertiary/aromatic N) is 3. The average Bonchev–Trinajstić information content (AvgIpc) is 3.06. The maximum atomic E-state index is 12.6. The van der Waals surface area contributed by atoms with Crippen LogP contribution in [-0.2, 0) is 19.6 Å². The number of likely N-dealkylation sites (N-methyl/N-ethyl adjacent to an activating group) is 1. The molecular weight excluding hydrogens is 330 g/mol. The van der Waals surface area contributed by atoms with Crippen LogP contribution in [0.4, 0.5) is 0 Å². The summed E-state index contributed by atoms with van der Waals surface area (Å²) in [6.45, 7) is 5.11. The summed E-state index contributed by atoms with van der Waals surface area (Å²) in [5.74, 6) is 0.294. The maximum absolute atomic E-state index is 12.6. The Labute approximate surface area is 145 Å². The molecule has 0 spiro atoms. The Balaban J connectivity index is 1.44. The van der Waals surface area contributed by atoms with Crippen molar-refractivity contribution in [2.75, 3.05) is 59.5 Å². The molecule has 2 heterocycles. The molecule has 0 N–H and O–H groups in total. The van der Waals surface area contributed by atoms with Gasteiger partial charge in [-0.3, -0.25) is 9.69 Å². The van der Waals surface area contributed by atoms with E-state index >= 15 is 0 Å². The molecule has 0 atom stereocenters. The molecule has 2 saturated heterocycles. The van der Waals surface area contributed by atoms with Crippen LogP contribution in [0.5, 0.6) is 0 Å². The predicted molar refractivity (Wildman–Crippen MR) is 91.1 cm³/mol. The molecular formula is C16H29N3O4S. The van der Waals surface area contributed by atoms with Crippen molar-refractivity contribution >= 4 is 15.9 Å². The Morgan fingerprint density at radius 2 is 1.79 bits per heavy atom. The van der Waals surface area contributed by atoms with Gasteiger partial charge in [-0.25, -0.2) is 12.7 Å². The van der Waals surface area contributed by atoms with Crippen molar-refractivity contribution < 1.29 is 17.9 Å². The van der Waals surface area contributed by atoms with Crippen LogP contribution >= 0.6 is 0 Å². The number of carbonyl (C=O) groups is 1. The van der Waals surface area contributed by atoms with Crippen LogP contribution in [-0.4, -0.2) is 93.2 Å². The van der Waals surface area contributed by atoms with Gasteiger partial charge in [0, 0.05) is 52.2 Å². The largest absolute Gasteiger partial charge is 0.379 e. The minimum atomic E-state index is -3.31. The van der Waals surface area contributed by atoms with Crippen LogP contribution in [0.15, 0.2) is 0 Å². The third kappa shape index (κ3) is 3.92. The summed E-state index contributed by atoms with van der Waals surface area (Å²) in [5.41, 5.74) is 0. The molecule has 3 aliphatic rings. The van der Waals surface area contributed by atoms with Crippen LogP contribution in [0.25, 0.3) is 0 Å². The highest BCUT2D eigenvalue weighted by molar-refractivity contribution is 7.89. The summed E-state index contributed by atoms with van der Waals surface area (Å²) >= 11 is 0. The Morgan fingerprint density at radius 1 is 1.17 bits per heavy atom. The van der Waals surface area contributed by atoms with Crippen LogP contribution in [0.1, 0.15) is 25.7 Å². The summed E-state index contributed by atoms with van der Waals surface area (Å²) < 4.78 is 32.0. The molecule has 3 rings (SSSR count). The molecule has 0 radical (unpaired) electrons. The van der Waals surface area contributed by atoms with E-state index in [1.165, 1.54) is 4.31 Å². The third-order valence-electron chi connectivity index (χ3n) is 5.55. The number of amides is 1. The molecule has 1 amide bonds. The third-order valence-corrected chi connectivity index (χ3v) is 7.75. The van der Waals surface area contributed by atoms with Gasteiger partial charge >= 0.3 is 0 Å². The van der Waals surface area contributed by atoms with Crippen molar-refractivity contribution in [2.45, 2.75) is 30.9 Å². The molecule has 7 nitrogen and oxygen atoms in total. The molecule has 3 fully saturated rings. The standard InChI is InChI=1S/C16H29N3O4S/c1-17(6-7-18-8-10-23-11-9-18)24(21,22)15-12-19(13-15)16(20)14-4-2-3-5-14/h14-15H,2-13H2,1H3. The van der Waals surface area contributed by atoms with Gasteiger partial charge in [0.25, 0.3) is 0 Å². The molecule has 0 aromatic carbocycles. The summed E-state index contributed by atoms with van der Waals surface area (Å²) in [4.78, 5) is 16.3. The first-order valence-corrected chi connectivity index (χ1v) is 10.5. The van der Waals surface area contributed by atoms with Crippen molar-refractivity contribution in [3.8, 4) is 0 Å². The van der Waals surface area contributed by atoms with Crippen LogP contribution < -0.4 is 0 Å². The fourth-order valence-electron chi connectivity index (χ4n) is 3.73. The van der Waals surface area contributed by atoms with E-state index in [0.29, 0.717) is 19.6 Å². The van der Waals surface area contributed by atoms with E-state index in [2.05, 4.69) is 4.90 Å². The van der Waals surface area contributed by atoms with E-state index in [-0.39, 0.29) is 11.8 Å². The lowest BCUT2D eigenvalue weighted by Crippen LogP contribution is -2.60. The molecule has 0 unspecified atom stereocenters. The first kappa shape index (κ1) is 18.1. The lowest BCUT2D eigenvalue weighted by atomic mass is 10.0. The van der Waals surface area contributed by atoms with Crippen LogP contribution in [0, 0.1) is 5.92 Å². The van der Waals surface area contributed by atoms with Gasteiger partial charge in [-0.1, -0.05) is 12.8 Å². The number of sulfonamides is 1. The molecule has 138 valence electrons. The van der Waals surface area contributed by atoms with Crippen molar-refractivity contribution in [2.24, 2.45) is 5.92 Å². The Kier molecular flexibility index (Phi) is 5.79. The van der Waals surface area contributed by atoms with Gasteiger partial charge in [-0.15, -0.1) is 0 Å². The Morgan fingerprint density at radius 3 is 2.42 bits per heavy atom. The second-order valence-electron chi connectivity index (χ2n) is 7.17. The van der Waals surface area contributed by atoms with E-state index in [1.807, 2.05) is 0 Å². The highest BCUT2D eigenvalue weighted by Crippen LogP contribution is 2.29. The normalized spacial score (nSPS) is 24.5. The fourth-order valence-corrected chi connectivity index (χ4v) is 5.31. The summed E-state index contributed by atoms with van der Waals surface area (Å²) in [6.07, 6.45) is 4.17. The van der Waals surface area contributed by atoms with Crippen molar-refractivity contribution in [3.05, 3.63) is 0 Å². The Bertz CT molecular complexity index is 536. The monoisotopic (exact) mass is 359 g/mol. The minimum absolute atomic E-state index is 0.132. The van der Waals surface area contributed by atoms with E-state index in [9.17, 15) is 13.2 Å². The number of hydrogen-bond acceptors (Lipinski definition) is 5. The van der Waals surface area contributed by atoms with Gasteiger partial charge in [-0.2, -0.15) is 0 Å².